The highest BCUT2D eigenvalue weighted by atomic mass is 16.5. The molecule has 1 fully saturated rings. The number of ether oxygens (including phenoxy) is 1. The number of piperazine rings is 1. The quantitative estimate of drug-likeness (QED) is 0.647. The summed E-state index contributed by atoms with van der Waals surface area (Å²) in [6.07, 6.45) is 0.172. The van der Waals surface area contributed by atoms with Gasteiger partial charge in [-0.1, -0.05) is 0 Å². The third-order valence-corrected chi connectivity index (χ3v) is 2.56. The summed E-state index contributed by atoms with van der Waals surface area (Å²) >= 11 is 0. The van der Waals surface area contributed by atoms with Crippen LogP contribution in [-0.2, 0) is 14.3 Å². The molecule has 0 saturated carbocycles. The Balaban J connectivity index is 2.28. The van der Waals surface area contributed by atoms with Crippen LogP contribution in [0.1, 0.15) is 13.8 Å². The minimum absolute atomic E-state index is 0.0163. The van der Waals surface area contributed by atoms with Crippen molar-refractivity contribution in [2.45, 2.75) is 26.0 Å². The van der Waals surface area contributed by atoms with Gasteiger partial charge in [-0.25, -0.2) is 0 Å². The van der Waals surface area contributed by atoms with Gasteiger partial charge in [-0.2, -0.15) is 0 Å². The Hall–Kier alpha value is -1.14. The molecular weight excluding hydrogens is 222 g/mol. The number of nitrogens with one attached hydrogen (secondary N) is 2. The van der Waals surface area contributed by atoms with Gasteiger partial charge in [0.15, 0.2) is 0 Å². The summed E-state index contributed by atoms with van der Waals surface area (Å²) < 4.78 is 5.38. The molecule has 0 spiro atoms. The molecule has 6 nitrogen and oxygen atoms in total. The second kappa shape index (κ2) is 6.56. The highest BCUT2D eigenvalue weighted by Crippen LogP contribution is 1.96. The van der Waals surface area contributed by atoms with Gasteiger partial charge in [-0.15, -0.1) is 0 Å². The first-order chi connectivity index (χ1) is 8.00. The Bertz CT molecular complexity index is 271. The van der Waals surface area contributed by atoms with Gasteiger partial charge >= 0.3 is 0 Å². The minimum atomic E-state index is -0.322. The van der Waals surface area contributed by atoms with Crippen LogP contribution in [0.3, 0.4) is 0 Å². The van der Waals surface area contributed by atoms with Gasteiger partial charge in [0.25, 0.3) is 0 Å². The number of amides is 2. The first-order valence-corrected chi connectivity index (χ1v) is 5.87. The van der Waals surface area contributed by atoms with Crippen molar-refractivity contribution in [3.63, 3.8) is 0 Å². The molecule has 0 aromatic rings. The number of rotatable bonds is 5. The molecule has 0 aromatic heterocycles. The maximum atomic E-state index is 11.9. The molecule has 1 rings (SSSR count). The van der Waals surface area contributed by atoms with Crippen molar-refractivity contribution in [3.8, 4) is 0 Å². The summed E-state index contributed by atoms with van der Waals surface area (Å²) in [4.78, 5) is 24.5. The van der Waals surface area contributed by atoms with Crippen molar-refractivity contribution in [1.82, 2.24) is 15.5 Å². The summed E-state index contributed by atoms with van der Waals surface area (Å²) in [6.45, 7) is 5.56. The summed E-state index contributed by atoms with van der Waals surface area (Å²) in [6, 6.07) is -0.322. The van der Waals surface area contributed by atoms with Gasteiger partial charge in [-0.3, -0.25) is 14.9 Å². The normalized spacial score (nSPS) is 20.2. The first kappa shape index (κ1) is 13.9. The molecule has 1 atom stereocenters. The van der Waals surface area contributed by atoms with E-state index in [0.29, 0.717) is 19.7 Å². The topological polar surface area (TPSA) is 70.7 Å². The van der Waals surface area contributed by atoms with Crippen LogP contribution in [0.2, 0.25) is 0 Å². The molecule has 1 aliphatic rings. The number of hydrogen-bond donors (Lipinski definition) is 2. The standard InChI is InChI=1S/C11H21N3O3/c1-8(2)17-5-4-14(3)11(16)9-6-13-10(15)7-12-9/h8-9,12H,4-7H2,1-3H3,(H,13,15). The molecule has 0 aromatic carbocycles. The van der Waals surface area contributed by atoms with Crippen molar-refractivity contribution in [2.24, 2.45) is 0 Å². The van der Waals surface area contributed by atoms with Crippen LogP contribution in [0.5, 0.6) is 0 Å². The zero-order valence-corrected chi connectivity index (χ0v) is 10.7. The molecule has 1 aliphatic heterocycles. The van der Waals surface area contributed by atoms with Crippen molar-refractivity contribution in [2.75, 3.05) is 33.3 Å². The Morgan fingerprint density at radius 3 is 2.82 bits per heavy atom. The number of hydrogen-bond acceptors (Lipinski definition) is 4. The first-order valence-electron chi connectivity index (χ1n) is 5.87. The fraction of sp³-hybridized carbons (Fsp3) is 0.818. The van der Waals surface area contributed by atoms with Crippen molar-refractivity contribution in [1.29, 1.82) is 0 Å². The van der Waals surface area contributed by atoms with Crippen LogP contribution in [0.25, 0.3) is 0 Å². The van der Waals surface area contributed by atoms with Gasteiger partial charge in [-0.05, 0) is 13.8 Å². The highest BCUT2D eigenvalue weighted by Gasteiger charge is 2.25. The van der Waals surface area contributed by atoms with E-state index in [2.05, 4.69) is 10.6 Å². The lowest BCUT2D eigenvalue weighted by molar-refractivity contribution is -0.134. The number of carbonyl (C=O) groups is 2. The molecule has 1 saturated heterocycles. The van der Waals surface area contributed by atoms with Crippen molar-refractivity contribution >= 4 is 11.8 Å². The molecule has 1 heterocycles. The zero-order valence-electron chi connectivity index (χ0n) is 10.7. The Morgan fingerprint density at radius 1 is 1.59 bits per heavy atom. The van der Waals surface area contributed by atoms with Crippen LogP contribution in [-0.4, -0.2) is 62.1 Å². The average molecular weight is 243 g/mol. The Labute approximate surface area is 102 Å². The lowest BCUT2D eigenvalue weighted by Gasteiger charge is -2.27. The van der Waals surface area contributed by atoms with Crippen molar-refractivity contribution < 1.29 is 14.3 Å². The molecule has 6 heteroatoms. The predicted molar refractivity (Wildman–Crippen MR) is 63.5 cm³/mol. The third kappa shape index (κ3) is 4.70. The summed E-state index contributed by atoms with van der Waals surface area (Å²) in [5.41, 5.74) is 0. The van der Waals surface area contributed by atoms with Gasteiger partial charge in [0.2, 0.25) is 11.8 Å². The van der Waals surface area contributed by atoms with Crippen LogP contribution < -0.4 is 10.6 Å². The molecule has 2 N–H and O–H groups in total. The molecular formula is C11H21N3O3. The van der Waals surface area contributed by atoms with Gasteiger partial charge in [0, 0.05) is 20.1 Å². The summed E-state index contributed by atoms with van der Waals surface area (Å²) in [5, 5.41) is 5.57. The second-order valence-electron chi connectivity index (χ2n) is 4.42. The SMILES string of the molecule is CC(C)OCCN(C)C(=O)C1CNC(=O)CN1. The maximum absolute atomic E-state index is 11.9. The fourth-order valence-electron chi connectivity index (χ4n) is 1.54. The molecule has 17 heavy (non-hydrogen) atoms. The van der Waals surface area contributed by atoms with E-state index in [-0.39, 0.29) is 30.5 Å². The highest BCUT2D eigenvalue weighted by molar-refractivity contribution is 5.86. The molecule has 0 bridgehead atoms. The fourth-order valence-corrected chi connectivity index (χ4v) is 1.54. The van der Waals surface area contributed by atoms with Gasteiger partial charge in [0.1, 0.15) is 6.04 Å². The smallest absolute Gasteiger partial charge is 0.241 e. The summed E-state index contributed by atoms with van der Waals surface area (Å²) in [5.74, 6) is -0.0859. The number of likely N-dealkylation sites (N-methyl/N-ethyl adjacent to an activating group) is 1. The van der Waals surface area contributed by atoms with E-state index in [9.17, 15) is 9.59 Å². The minimum Gasteiger partial charge on any atom is -0.377 e. The van der Waals surface area contributed by atoms with Gasteiger partial charge in [0.05, 0.1) is 19.3 Å². The van der Waals surface area contributed by atoms with Crippen LogP contribution in [0.4, 0.5) is 0 Å². The van der Waals surface area contributed by atoms with E-state index in [4.69, 9.17) is 4.74 Å². The van der Waals surface area contributed by atoms with E-state index >= 15 is 0 Å². The number of nitrogens with zero attached hydrogens (tertiary/aromatic N) is 1. The molecule has 98 valence electrons. The van der Waals surface area contributed by atoms with Crippen LogP contribution >= 0.6 is 0 Å². The Kier molecular flexibility index (Phi) is 5.37. The van der Waals surface area contributed by atoms with E-state index < -0.39 is 0 Å². The maximum Gasteiger partial charge on any atom is 0.241 e. The van der Waals surface area contributed by atoms with E-state index in [1.165, 1.54) is 0 Å². The van der Waals surface area contributed by atoms with Crippen LogP contribution in [0, 0.1) is 0 Å². The molecule has 1 unspecified atom stereocenters. The lowest BCUT2D eigenvalue weighted by atomic mass is 10.2. The molecule has 2 amide bonds. The van der Waals surface area contributed by atoms with E-state index in [1.54, 1.807) is 11.9 Å². The van der Waals surface area contributed by atoms with Crippen LogP contribution in [0.15, 0.2) is 0 Å². The largest absolute Gasteiger partial charge is 0.377 e. The van der Waals surface area contributed by atoms with E-state index in [0.717, 1.165) is 0 Å². The average Bonchev–Trinajstić information content (AvgIpc) is 2.28. The lowest BCUT2D eigenvalue weighted by Crippen LogP contribution is -2.58. The summed E-state index contributed by atoms with van der Waals surface area (Å²) in [7, 11) is 1.74. The zero-order chi connectivity index (χ0) is 12.8. The molecule has 0 aliphatic carbocycles. The third-order valence-electron chi connectivity index (χ3n) is 2.56. The predicted octanol–water partition coefficient (Wildman–Crippen LogP) is -1.04. The number of carbonyl (C=O) groups excluding carboxylic acids is 2. The van der Waals surface area contributed by atoms with E-state index in [1.807, 2.05) is 13.8 Å². The second-order valence-corrected chi connectivity index (χ2v) is 4.42. The van der Waals surface area contributed by atoms with Gasteiger partial charge < -0.3 is 15.0 Å². The molecule has 0 radical (unpaired) electrons. The van der Waals surface area contributed by atoms with Crippen molar-refractivity contribution in [3.05, 3.63) is 0 Å². The monoisotopic (exact) mass is 243 g/mol. The Morgan fingerprint density at radius 2 is 2.29 bits per heavy atom.